The minimum Gasteiger partial charge on any atom is -0.486 e. The van der Waals surface area contributed by atoms with E-state index in [1.165, 1.54) is 13.0 Å². The molecular weight excluding hydrogens is 580 g/mol. The number of nitrogens with one attached hydrogen (secondary N) is 2. The molecule has 2 aromatic carbocycles. The van der Waals surface area contributed by atoms with Crippen molar-refractivity contribution in [3.05, 3.63) is 59.7 Å². The Kier molecular flexibility index (Phi) is 13.4. The maximum Gasteiger partial charge on any atom is 0.332 e. The van der Waals surface area contributed by atoms with Gasteiger partial charge < -0.3 is 29.6 Å². The first-order chi connectivity index (χ1) is 21.5. The summed E-state index contributed by atoms with van der Waals surface area (Å²) in [5.74, 6) is -3.21. The van der Waals surface area contributed by atoms with E-state index in [4.69, 9.17) is 18.9 Å². The maximum atomic E-state index is 13.7. The van der Waals surface area contributed by atoms with Gasteiger partial charge in [-0.1, -0.05) is 70.0 Å². The Labute approximate surface area is 264 Å². The number of amides is 2. The summed E-state index contributed by atoms with van der Waals surface area (Å²) in [6, 6.07) is 12.5. The minimum absolute atomic E-state index is 0.0369. The quantitative estimate of drug-likeness (QED) is 0.169. The topological polar surface area (TPSA) is 146 Å². The molecule has 5 atom stereocenters. The number of esters is 3. The molecule has 11 heteroatoms. The first kappa shape index (κ1) is 35.1. The molecule has 0 bridgehead atoms. The second kappa shape index (κ2) is 17.2. The zero-order valence-corrected chi connectivity index (χ0v) is 26.6. The molecule has 11 nitrogen and oxygen atoms in total. The Balaban J connectivity index is 1.88. The lowest BCUT2D eigenvalue weighted by Crippen LogP contribution is -2.50. The summed E-state index contributed by atoms with van der Waals surface area (Å²) in [7, 11) is 0. The Morgan fingerprint density at radius 1 is 0.978 bits per heavy atom. The van der Waals surface area contributed by atoms with Crippen LogP contribution in [0, 0.1) is 11.8 Å². The highest BCUT2D eigenvalue weighted by Crippen LogP contribution is 2.31. The van der Waals surface area contributed by atoms with Crippen LogP contribution in [0.4, 0.5) is 5.69 Å². The number of cyclic esters (lactones) is 2. The van der Waals surface area contributed by atoms with Crippen LogP contribution in [-0.4, -0.2) is 54.6 Å². The van der Waals surface area contributed by atoms with Gasteiger partial charge in [-0.3, -0.25) is 19.2 Å². The molecule has 2 N–H and O–H groups in total. The standard InChI is InChI=1S/C34H44N2O9/c1-6-7-14-26-30(45-28(38)18-17-21(2)3)23(5)44-34(41)29(22(4)43-33(26)40)36-32(39)25-15-11-16-27(35-20-37)31(25)42-19-24-12-9-8-10-13-24/h8-13,15-16,20-23,26,29-30H,6-7,14,17-19H2,1-5H3,(H,35,37)(H,36,39)/t22-,23+,26-,29+,30+/m1/s1. The molecule has 2 aromatic rings. The molecule has 0 aliphatic carbocycles. The molecule has 244 valence electrons. The molecule has 45 heavy (non-hydrogen) atoms. The molecule has 1 heterocycles. The van der Waals surface area contributed by atoms with E-state index in [2.05, 4.69) is 10.6 Å². The number of ether oxygens (including phenoxy) is 4. The molecule has 1 aliphatic heterocycles. The summed E-state index contributed by atoms with van der Waals surface area (Å²) in [5.41, 5.74) is 1.12. The second-order valence-electron chi connectivity index (χ2n) is 11.6. The SMILES string of the molecule is CCCC[C@H]1C(=O)O[C@H](C)[C@H](NC(=O)c2cccc(NC=O)c2OCc2ccccc2)C(=O)O[C@@H](C)[C@@H]1OC(=O)CCC(C)C. The lowest BCUT2D eigenvalue weighted by atomic mass is 9.92. The van der Waals surface area contributed by atoms with Gasteiger partial charge in [-0.2, -0.15) is 0 Å². The third-order valence-corrected chi connectivity index (χ3v) is 7.54. The fraction of sp³-hybridized carbons (Fsp3) is 0.500. The first-order valence-corrected chi connectivity index (χ1v) is 15.5. The van der Waals surface area contributed by atoms with Crippen molar-refractivity contribution in [3.63, 3.8) is 0 Å². The van der Waals surface area contributed by atoms with Gasteiger partial charge in [0.15, 0.2) is 17.9 Å². The molecule has 1 fully saturated rings. The van der Waals surface area contributed by atoms with Crippen LogP contribution in [0.25, 0.3) is 0 Å². The first-order valence-electron chi connectivity index (χ1n) is 15.5. The number of para-hydroxylation sites is 1. The van der Waals surface area contributed by atoms with Gasteiger partial charge in [0, 0.05) is 6.42 Å². The highest BCUT2D eigenvalue weighted by atomic mass is 16.6. The Morgan fingerprint density at radius 2 is 1.69 bits per heavy atom. The predicted molar refractivity (Wildman–Crippen MR) is 166 cm³/mol. The van der Waals surface area contributed by atoms with Crippen LogP contribution in [0.5, 0.6) is 5.75 Å². The van der Waals surface area contributed by atoms with E-state index in [1.54, 1.807) is 19.1 Å². The van der Waals surface area contributed by atoms with Crippen molar-refractivity contribution in [2.24, 2.45) is 11.8 Å². The van der Waals surface area contributed by atoms with Gasteiger partial charge in [0.1, 0.15) is 18.8 Å². The predicted octanol–water partition coefficient (Wildman–Crippen LogP) is 4.96. The van der Waals surface area contributed by atoms with Crippen LogP contribution >= 0.6 is 0 Å². The largest absolute Gasteiger partial charge is 0.486 e. The van der Waals surface area contributed by atoms with Crippen LogP contribution in [0.1, 0.15) is 82.6 Å². The van der Waals surface area contributed by atoms with Crippen molar-refractivity contribution in [2.75, 3.05) is 5.32 Å². The van der Waals surface area contributed by atoms with Gasteiger partial charge in [0.25, 0.3) is 5.91 Å². The average Bonchev–Trinajstić information content (AvgIpc) is 3.03. The Morgan fingerprint density at radius 3 is 2.36 bits per heavy atom. The number of hydrogen-bond acceptors (Lipinski definition) is 9. The summed E-state index contributed by atoms with van der Waals surface area (Å²) < 4.78 is 23.2. The highest BCUT2D eigenvalue weighted by molar-refractivity contribution is 6.01. The molecular formula is C34H44N2O9. The van der Waals surface area contributed by atoms with Crippen molar-refractivity contribution in [2.45, 2.75) is 97.7 Å². The fourth-order valence-electron chi connectivity index (χ4n) is 4.99. The molecule has 0 unspecified atom stereocenters. The second-order valence-corrected chi connectivity index (χ2v) is 11.6. The normalized spacial score (nSPS) is 21.8. The average molecular weight is 625 g/mol. The van der Waals surface area contributed by atoms with E-state index in [0.717, 1.165) is 12.0 Å². The fourth-order valence-corrected chi connectivity index (χ4v) is 4.99. The number of rotatable bonds is 14. The van der Waals surface area contributed by atoms with Crippen LogP contribution in [-0.2, 0) is 40.0 Å². The van der Waals surface area contributed by atoms with Crippen LogP contribution in [0.2, 0.25) is 0 Å². The monoisotopic (exact) mass is 624 g/mol. The summed E-state index contributed by atoms with van der Waals surface area (Å²) in [6.07, 6.45) is -0.137. The third-order valence-electron chi connectivity index (χ3n) is 7.54. The molecule has 2 amide bonds. The van der Waals surface area contributed by atoms with E-state index in [-0.39, 0.29) is 35.9 Å². The van der Waals surface area contributed by atoms with Gasteiger partial charge in [-0.15, -0.1) is 0 Å². The summed E-state index contributed by atoms with van der Waals surface area (Å²) in [5, 5.41) is 5.17. The van der Waals surface area contributed by atoms with E-state index >= 15 is 0 Å². The summed E-state index contributed by atoms with van der Waals surface area (Å²) >= 11 is 0. The third kappa shape index (κ3) is 10.1. The molecule has 3 rings (SSSR count). The van der Waals surface area contributed by atoms with E-state index < -0.39 is 54.1 Å². The van der Waals surface area contributed by atoms with Gasteiger partial charge >= 0.3 is 17.9 Å². The van der Waals surface area contributed by atoms with Crippen molar-refractivity contribution in [3.8, 4) is 5.75 Å². The van der Waals surface area contributed by atoms with Crippen LogP contribution in [0.15, 0.2) is 48.5 Å². The minimum atomic E-state index is -1.39. The van der Waals surface area contributed by atoms with Crippen LogP contribution < -0.4 is 15.4 Å². The number of hydrogen-bond donors (Lipinski definition) is 2. The number of carbonyl (C=O) groups is 5. The number of unbranched alkanes of at least 4 members (excludes halogenated alkanes) is 1. The number of benzene rings is 2. The summed E-state index contributed by atoms with van der Waals surface area (Å²) in [6.45, 7) is 9.09. The van der Waals surface area contributed by atoms with Crippen molar-refractivity contribution >= 4 is 35.9 Å². The van der Waals surface area contributed by atoms with Gasteiger partial charge in [0.2, 0.25) is 6.41 Å². The van der Waals surface area contributed by atoms with Crippen LogP contribution in [0.3, 0.4) is 0 Å². The van der Waals surface area contributed by atoms with E-state index in [9.17, 15) is 24.0 Å². The smallest absolute Gasteiger partial charge is 0.332 e. The zero-order chi connectivity index (χ0) is 32.9. The Hall–Kier alpha value is -4.41. The summed E-state index contributed by atoms with van der Waals surface area (Å²) in [4.78, 5) is 64.6. The van der Waals surface area contributed by atoms with Crippen molar-refractivity contribution in [1.82, 2.24) is 5.32 Å². The van der Waals surface area contributed by atoms with Gasteiger partial charge in [0.05, 0.1) is 17.2 Å². The Bertz CT molecular complexity index is 1310. The lowest BCUT2D eigenvalue weighted by molar-refractivity contribution is -0.175. The van der Waals surface area contributed by atoms with Gasteiger partial charge in [-0.25, -0.2) is 4.79 Å². The molecule has 0 spiro atoms. The van der Waals surface area contributed by atoms with Gasteiger partial charge in [-0.05, 0) is 50.3 Å². The molecule has 1 saturated heterocycles. The van der Waals surface area contributed by atoms with Crippen molar-refractivity contribution < 1.29 is 42.9 Å². The van der Waals surface area contributed by atoms with Crippen molar-refractivity contribution in [1.29, 1.82) is 0 Å². The van der Waals surface area contributed by atoms with E-state index in [0.29, 0.717) is 25.7 Å². The zero-order valence-electron chi connectivity index (χ0n) is 26.6. The number of anilines is 1. The lowest BCUT2D eigenvalue weighted by Gasteiger charge is -2.29. The maximum absolute atomic E-state index is 13.7. The molecule has 0 aromatic heterocycles. The molecule has 0 saturated carbocycles. The highest BCUT2D eigenvalue weighted by Gasteiger charge is 2.43. The van der Waals surface area contributed by atoms with E-state index in [1.807, 2.05) is 51.1 Å². The molecule has 1 aliphatic rings. The molecule has 0 radical (unpaired) electrons. The number of carbonyl (C=O) groups excluding carboxylic acids is 5.